The van der Waals surface area contributed by atoms with Crippen LogP contribution < -0.4 is 15.0 Å². The van der Waals surface area contributed by atoms with Crippen LogP contribution in [0.25, 0.3) is 10.2 Å². The molecule has 0 radical (unpaired) electrons. The number of carbonyl (C=O) groups excluding carboxylic acids is 1. The fraction of sp³-hybridized carbons (Fsp3) is 0.367. The van der Waals surface area contributed by atoms with E-state index in [0.717, 1.165) is 59.4 Å². The summed E-state index contributed by atoms with van der Waals surface area (Å²) in [6, 6.07) is 7.90. The molecule has 0 saturated carbocycles. The Balaban J connectivity index is 1.33. The van der Waals surface area contributed by atoms with Crippen LogP contribution in [0.2, 0.25) is 0 Å². The summed E-state index contributed by atoms with van der Waals surface area (Å²) < 4.78 is 14.6. The van der Waals surface area contributed by atoms with Gasteiger partial charge in [0, 0.05) is 34.9 Å². The third kappa shape index (κ3) is 5.17. The zero-order valence-corrected chi connectivity index (χ0v) is 24.5. The standard InChI is InChI=1S/C30H33N3O4S2/c1-6-13-33-29(35)27-21-8-7-9-26(21)39-28(27)31-30(33)38-17-23(34)22-15-18(2)32(19(22)3)14-12-20-10-11-24(36-4)25(16-20)37-5/h6,10-11,15-16H,1,7-9,12-14,17H2,2-5H3. The number of carbonyl (C=O) groups is 1. The van der Waals surface area contributed by atoms with Crippen molar-refractivity contribution in [2.45, 2.75) is 57.8 Å². The van der Waals surface area contributed by atoms with E-state index in [1.54, 1.807) is 36.2 Å². The molecule has 0 amide bonds. The summed E-state index contributed by atoms with van der Waals surface area (Å²) in [5.41, 5.74) is 4.96. The molecule has 3 heterocycles. The van der Waals surface area contributed by atoms with Gasteiger partial charge >= 0.3 is 0 Å². The van der Waals surface area contributed by atoms with E-state index in [0.29, 0.717) is 28.8 Å². The normalized spacial score (nSPS) is 12.6. The lowest BCUT2D eigenvalue weighted by Gasteiger charge is -2.12. The molecule has 5 rings (SSSR count). The number of Topliss-reactive ketones (excluding diaryl/α,β-unsaturated/α-hetero) is 1. The van der Waals surface area contributed by atoms with Gasteiger partial charge in [-0.1, -0.05) is 23.9 Å². The Bertz CT molecular complexity index is 1630. The third-order valence-electron chi connectivity index (χ3n) is 7.38. The summed E-state index contributed by atoms with van der Waals surface area (Å²) in [6.45, 7) is 8.96. The maximum Gasteiger partial charge on any atom is 0.263 e. The topological polar surface area (TPSA) is 75.3 Å². The van der Waals surface area contributed by atoms with Crippen molar-refractivity contribution in [3.63, 3.8) is 0 Å². The minimum Gasteiger partial charge on any atom is -0.493 e. The number of aromatic nitrogens is 3. The van der Waals surface area contributed by atoms with Gasteiger partial charge in [0.15, 0.2) is 22.4 Å². The molecule has 0 unspecified atom stereocenters. The number of ether oxygens (including phenoxy) is 2. The van der Waals surface area contributed by atoms with Gasteiger partial charge in [0.25, 0.3) is 5.56 Å². The molecule has 0 aliphatic heterocycles. The molecular formula is C30H33N3O4S2. The smallest absolute Gasteiger partial charge is 0.263 e. The highest BCUT2D eigenvalue weighted by Crippen LogP contribution is 2.36. The maximum atomic E-state index is 13.4. The number of allylic oxidation sites excluding steroid dienone is 1. The molecule has 39 heavy (non-hydrogen) atoms. The van der Waals surface area contributed by atoms with E-state index in [1.165, 1.54) is 22.2 Å². The first-order chi connectivity index (χ1) is 18.9. The minimum absolute atomic E-state index is 0.0254. The molecule has 204 valence electrons. The number of hydrogen-bond acceptors (Lipinski definition) is 7. The molecule has 7 nitrogen and oxygen atoms in total. The number of methoxy groups -OCH3 is 2. The van der Waals surface area contributed by atoms with E-state index in [2.05, 4.69) is 11.1 Å². The van der Waals surface area contributed by atoms with Gasteiger partial charge in [-0.2, -0.15) is 0 Å². The first kappa shape index (κ1) is 27.3. The Kier molecular flexibility index (Phi) is 8.00. The van der Waals surface area contributed by atoms with Crippen LogP contribution in [0.1, 0.15) is 44.2 Å². The van der Waals surface area contributed by atoms with Crippen molar-refractivity contribution in [2.75, 3.05) is 20.0 Å². The highest BCUT2D eigenvalue weighted by atomic mass is 32.2. The summed E-state index contributed by atoms with van der Waals surface area (Å²) in [5.74, 6) is 1.65. The first-order valence-corrected chi connectivity index (χ1v) is 14.9. The van der Waals surface area contributed by atoms with Crippen LogP contribution in [-0.2, 0) is 32.4 Å². The SMILES string of the molecule is C=CCn1c(SCC(=O)c2cc(C)n(CCc3ccc(OC)c(OC)c3)c2C)nc2sc3c(c2c1=O)CCC3. The second-order valence-electron chi connectivity index (χ2n) is 9.72. The fourth-order valence-corrected chi connectivity index (χ4v) is 7.57. The third-order valence-corrected chi connectivity index (χ3v) is 9.54. The largest absolute Gasteiger partial charge is 0.493 e. The Hall–Kier alpha value is -3.30. The van der Waals surface area contributed by atoms with E-state index in [4.69, 9.17) is 14.5 Å². The molecule has 0 atom stereocenters. The monoisotopic (exact) mass is 563 g/mol. The Morgan fingerprint density at radius 2 is 1.95 bits per heavy atom. The van der Waals surface area contributed by atoms with Crippen LogP contribution in [0, 0.1) is 13.8 Å². The van der Waals surface area contributed by atoms with Crippen molar-refractivity contribution < 1.29 is 14.3 Å². The van der Waals surface area contributed by atoms with Crippen molar-refractivity contribution in [1.82, 2.24) is 14.1 Å². The lowest BCUT2D eigenvalue weighted by atomic mass is 10.1. The van der Waals surface area contributed by atoms with Gasteiger partial charge in [0.1, 0.15) is 4.83 Å². The number of fused-ring (bicyclic) bond motifs is 3. The molecule has 1 aliphatic rings. The van der Waals surface area contributed by atoms with Gasteiger partial charge < -0.3 is 14.0 Å². The van der Waals surface area contributed by atoms with E-state index in [-0.39, 0.29) is 17.1 Å². The average molecular weight is 564 g/mol. The molecule has 0 bridgehead atoms. The number of thioether (sulfide) groups is 1. The van der Waals surface area contributed by atoms with E-state index >= 15 is 0 Å². The molecule has 3 aromatic heterocycles. The van der Waals surface area contributed by atoms with Crippen molar-refractivity contribution in [1.29, 1.82) is 0 Å². The predicted molar refractivity (Wildman–Crippen MR) is 158 cm³/mol. The zero-order chi connectivity index (χ0) is 27.7. The highest BCUT2D eigenvalue weighted by molar-refractivity contribution is 7.99. The zero-order valence-electron chi connectivity index (χ0n) is 22.8. The summed E-state index contributed by atoms with van der Waals surface area (Å²) >= 11 is 2.95. The quantitative estimate of drug-likeness (QED) is 0.0996. The van der Waals surface area contributed by atoms with Gasteiger partial charge in [-0.3, -0.25) is 14.2 Å². The van der Waals surface area contributed by atoms with Gasteiger partial charge in [-0.15, -0.1) is 17.9 Å². The lowest BCUT2D eigenvalue weighted by molar-refractivity contribution is 0.102. The molecule has 0 saturated heterocycles. The van der Waals surface area contributed by atoms with Crippen LogP contribution in [0.15, 0.2) is 46.9 Å². The van der Waals surface area contributed by atoms with Gasteiger partial charge in [0.05, 0.1) is 25.4 Å². The van der Waals surface area contributed by atoms with Gasteiger partial charge in [0.2, 0.25) is 0 Å². The second kappa shape index (κ2) is 11.4. The molecule has 4 aromatic rings. The fourth-order valence-electron chi connectivity index (χ4n) is 5.37. The van der Waals surface area contributed by atoms with Crippen molar-refractivity contribution in [2.24, 2.45) is 0 Å². The van der Waals surface area contributed by atoms with Crippen LogP contribution >= 0.6 is 23.1 Å². The summed E-state index contributed by atoms with van der Waals surface area (Å²) in [5, 5.41) is 1.32. The molecule has 1 aromatic carbocycles. The molecule has 9 heteroatoms. The summed E-state index contributed by atoms with van der Waals surface area (Å²) in [7, 11) is 3.26. The second-order valence-corrected chi connectivity index (χ2v) is 11.8. The summed E-state index contributed by atoms with van der Waals surface area (Å²) in [4.78, 5) is 33.7. The number of nitrogens with zero attached hydrogens (tertiary/aromatic N) is 3. The van der Waals surface area contributed by atoms with Crippen LogP contribution in [0.4, 0.5) is 0 Å². The molecule has 0 fully saturated rings. The van der Waals surface area contributed by atoms with Crippen LogP contribution in [0.3, 0.4) is 0 Å². The van der Waals surface area contributed by atoms with Crippen molar-refractivity contribution in [3.8, 4) is 11.5 Å². The number of aryl methyl sites for hydroxylation is 4. The number of ketones is 1. The maximum absolute atomic E-state index is 13.4. The van der Waals surface area contributed by atoms with Gasteiger partial charge in [-0.05, 0) is 68.9 Å². The molecular weight excluding hydrogens is 530 g/mol. The highest BCUT2D eigenvalue weighted by Gasteiger charge is 2.24. The number of thiophene rings is 1. The van der Waals surface area contributed by atoms with Crippen LogP contribution in [0.5, 0.6) is 11.5 Å². The molecule has 1 aliphatic carbocycles. The van der Waals surface area contributed by atoms with E-state index in [9.17, 15) is 9.59 Å². The van der Waals surface area contributed by atoms with Crippen molar-refractivity contribution in [3.05, 3.63) is 80.2 Å². The average Bonchev–Trinajstić information content (AvgIpc) is 3.60. The Morgan fingerprint density at radius 3 is 2.69 bits per heavy atom. The summed E-state index contributed by atoms with van der Waals surface area (Å²) in [6.07, 6.45) is 5.55. The predicted octanol–water partition coefficient (Wildman–Crippen LogP) is 5.79. The Labute approximate surface area is 236 Å². The van der Waals surface area contributed by atoms with Crippen LogP contribution in [-0.4, -0.2) is 39.9 Å². The molecule has 0 N–H and O–H groups in total. The van der Waals surface area contributed by atoms with E-state index in [1.807, 2.05) is 38.1 Å². The number of rotatable bonds is 11. The van der Waals surface area contributed by atoms with Crippen molar-refractivity contribution >= 4 is 39.1 Å². The number of benzene rings is 1. The van der Waals surface area contributed by atoms with E-state index < -0.39 is 0 Å². The van der Waals surface area contributed by atoms with Gasteiger partial charge in [-0.25, -0.2) is 4.98 Å². The number of hydrogen-bond donors (Lipinski definition) is 0. The lowest BCUT2D eigenvalue weighted by Crippen LogP contribution is -2.23. The molecule has 0 spiro atoms. The first-order valence-electron chi connectivity index (χ1n) is 13.1. The minimum atomic E-state index is -0.0254. The Morgan fingerprint density at radius 1 is 1.15 bits per heavy atom.